The number of hydrogen-bond donors (Lipinski definition) is 0. The smallest absolute Gasteiger partial charge is 0.0810 e. The third-order valence-corrected chi connectivity index (χ3v) is 2.06. The summed E-state index contributed by atoms with van der Waals surface area (Å²) in [5, 5.41) is 2.03. The second-order valence-corrected chi connectivity index (χ2v) is 3.01. The van der Waals surface area contributed by atoms with Crippen LogP contribution in [0, 0.1) is 0 Å². The van der Waals surface area contributed by atoms with Gasteiger partial charge in [0.1, 0.15) is 0 Å². The van der Waals surface area contributed by atoms with Crippen molar-refractivity contribution in [1.29, 1.82) is 0 Å². The van der Waals surface area contributed by atoms with Gasteiger partial charge in [0.25, 0.3) is 0 Å². The summed E-state index contributed by atoms with van der Waals surface area (Å²) >= 11 is 1.78. The SMILES string of the molecule is [B]C1(C)C=CSC1. The minimum absolute atomic E-state index is 0.0231. The molecule has 1 aliphatic heterocycles. The van der Waals surface area contributed by atoms with E-state index < -0.39 is 0 Å². The molecule has 0 aliphatic carbocycles. The van der Waals surface area contributed by atoms with E-state index in [4.69, 9.17) is 7.85 Å². The average Bonchev–Trinajstić information content (AvgIpc) is 1.84. The molecule has 0 N–H and O–H groups in total. The van der Waals surface area contributed by atoms with Crippen LogP contribution in [0.25, 0.3) is 0 Å². The standard InChI is InChI=1S/C5H7BS/c1-5(6)2-3-7-4-5/h2-3H,4H2,1H3. The molecular formula is C5H7BS. The van der Waals surface area contributed by atoms with Crippen LogP contribution in [0.3, 0.4) is 0 Å². The van der Waals surface area contributed by atoms with Gasteiger partial charge in [0.05, 0.1) is 7.85 Å². The Morgan fingerprint density at radius 2 is 2.57 bits per heavy atom. The van der Waals surface area contributed by atoms with Gasteiger partial charge in [0.2, 0.25) is 0 Å². The highest BCUT2D eigenvalue weighted by Crippen LogP contribution is 2.34. The Kier molecular flexibility index (Phi) is 1.20. The van der Waals surface area contributed by atoms with Gasteiger partial charge >= 0.3 is 0 Å². The van der Waals surface area contributed by atoms with E-state index >= 15 is 0 Å². The fourth-order valence-electron chi connectivity index (χ4n) is 0.479. The first-order valence-electron chi connectivity index (χ1n) is 2.29. The van der Waals surface area contributed by atoms with E-state index in [-0.39, 0.29) is 5.31 Å². The fourth-order valence-corrected chi connectivity index (χ4v) is 1.44. The van der Waals surface area contributed by atoms with Crippen LogP contribution in [-0.4, -0.2) is 13.6 Å². The topological polar surface area (TPSA) is 0 Å². The van der Waals surface area contributed by atoms with Crippen LogP contribution in [0.5, 0.6) is 0 Å². The van der Waals surface area contributed by atoms with E-state index in [0.717, 1.165) is 5.75 Å². The highest BCUT2D eigenvalue weighted by molar-refractivity contribution is 8.02. The van der Waals surface area contributed by atoms with Crippen LogP contribution < -0.4 is 0 Å². The maximum absolute atomic E-state index is 5.67. The molecule has 2 heteroatoms. The molecule has 1 atom stereocenters. The zero-order valence-corrected chi connectivity index (χ0v) is 5.16. The molecule has 1 unspecified atom stereocenters. The predicted octanol–water partition coefficient (Wildman–Crippen LogP) is 1.59. The van der Waals surface area contributed by atoms with Gasteiger partial charge in [-0.15, -0.1) is 11.8 Å². The van der Waals surface area contributed by atoms with Crippen molar-refractivity contribution in [3.05, 3.63) is 11.5 Å². The van der Waals surface area contributed by atoms with E-state index in [9.17, 15) is 0 Å². The van der Waals surface area contributed by atoms with E-state index in [2.05, 4.69) is 5.41 Å². The lowest BCUT2D eigenvalue weighted by atomic mass is 9.73. The highest BCUT2D eigenvalue weighted by atomic mass is 32.2. The minimum atomic E-state index is -0.0231. The van der Waals surface area contributed by atoms with Crippen molar-refractivity contribution in [3.63, 3.8) is 0 Å². The van der Waals surface area contributed by atoms with Crippen molar-refractivity contribution in [2.45, 2.75) is 12.2 Å². The molecular weight excluding hydrogens is 103 g/mol. The van der Waals surface area contributed by atoms with Crippen molar-refractivity contribution in [2.24, 2.45) is 0 Å². The number of rotatable bonds is 0. The van der Waals surface area contributed by atoms with Crippen LogP contribution in [0.15, 0.2) is 11.5 Å². The monoisotopic (exact) mass is 110 g/mol. The quantitative estimate of drug-likeness (QED) is 0.426. The van der Waals surface area contributed by atoms with Gasteiger partial charge in [0, 0.05) is 0 Å². The lowest BCUT2D eigenvalue weighted by Gasteiger charge is -2.11. The van der Waals surface area contributed by atoms with Gasteiger partial charge in [-0.3, -0.25) is 0 Å². The van der Waals surface area contributed by atoms with Gasteiger partial charge in [-0.1, -0.05) is 13.0 Å². The average molecular weight is 110 g/mol. The highest BCUT2D eigenvalue weighted by Gasteiger charge is 2.16. The number of hydrogen-bond acceptors (Lipinski definition) is 1. The summed E-state index contributed by atoms with van der Waals surface area (Å²) in [4.78, 5) is 0. The predicted molar refractivity (Wildman–Crippen MR) is 35.7 cm³/mol. The third-order valence-electron chi connectivity index (χ3n) is 0.939. The van der Waals surface area contributed by atoms with Crippen LogP contribution >= 0.6 is 11.8 Å². The molecule has 36 valence electrons. The van der Waals surface area contributed by atoms with E-state index in [1.165, 1.54) is 0 Å². The van der Waals surface area contributed by atoms with Gasteiger partial charge < -0.3 is 0 Å². The summed E-state index contributed by atoms with van der Waals surface area (Å²) in [6.07, 6.45) is 2.04. The van der Waals surface area contributed by atoms with E-state index in [1.807, 2.05) is 13.0 Å². The Labute approximate surface area is 49.8 Å². The molecule has 0 aromatic heterocycles. The molecule has 0 amide bonds. The van der Waals surface area contributed by atoms with Crippen LogP contribution in [0.1, 0.15) is 6.92 Å². The van der Waals surface area contributed by atoms with Gasteiger partial charge in [-0.05, 0) is 16.5 Å². The maximum Gasteiger partial charge on any atom is 0.0810 e. The Morgan fingerprint density at radius 1 is 1.86 bits per heavy atom. The van der Waals surface area contributed by atoms with Crippen molar-refractivity contribution < 1.29 is 0 Å². The summed E-state index contributed by atoms with van der Waals surface area (Å²) in [6.45, 7) is 2.03. The largest absolute Gasteiger partial charge is 0.134 e. The summed E-state index contributed by atoms with van der Waals surface area (Å²) < 4.78 is 0. The first-order chi connectivity index (χ1) is 3.21. The van der Waals surface area contributed by atoms with Crippen LogP contribution in [0.4, 0.5) is 0 Å². The molecule has 0 saturated heterocycles. The Hall–Kier alpha value is 0.155. The Balaban J connectivity index is 2.57. The van der Waals surface area contributed by atoms with Crippen molar-refractivity contribution in [3.8, 4) is 0 Å². The lowest BCUT2D eigenvalue weighted by Crippen LogP contribution is -2.02. The summed E-state index contributed by atoms with van der Waals surface area (Å²) in [6, 6.07) is 0. The molecule has 0 nitrogen and oxygen atoms in total. The molecule has 0 saturated carbocycles. The van der Waals surface area contributed by atoms with Crippen LogP contribution in [0.2, 0.25) is 5.31 Å². The third kappa shape index (κ3) is 1.27. The summed E-state index contributed by atoms with van der Waals surface area (Å²) in [5.74, 6) is 1.03. The van der Waals surface area contributed by atoms with Crippen molar-refractivity contribution in [2.75, 3.05) is 5.75 Å². The molecule has 2 radical (unpaired) electrons. The zero-order valence-electron chi connectivity index (χ0n) is 4.35. The molecule has 0 aromatic carbocycles. The minimum Gasteiger partial charge on any atom is -0.134 e. The fraction of sp³-hybridized carbons (Fsp3) is 0.600. The van der Waals surface area contributed by atoms with Gasteiger partial charge in [-0.2, -0.15) is 0 Å². The molecule has 1 rings (SSSR count). The van der Waals surface area contributed by atoms with Crippen molar-refractivity contribution >= 4 is 19.6 Å². The second kappa shape index (κ2) is 1.59. The number of thioether (sulfide) groups is 1. The summed E-state index contributed by atoms with van der Waals surface area (Å²) in [7, 11) is 5.67. The molecule has 1 aliphatic rings. The van der Waals surface area contributed by atoms with E-state index in [1.54, 1.807) is 11.8 Å². The zero-order chi connectivity index (χ0) is 5.33. The van der Waals surface area contributed by atoms with E-state index in [0.29, 0.717) is 0 Å². The number of allylic oxidation sites excluding steroid dienone is 1. The lowest BCUT2D eigenvalue weighted by molar-refractivity contribution is 0.890. The molecule has 0 aromatic rings. The van der Waals surface area contributed by atoms with Crippen molar-refractivity contribution in [1.82, 2.24) is 0 Å². The molecule has 0 bridgehead atoms. The molecule has 7 heavy (non-hydrogen) atoms. The van der Waals surface area contributed by atoms with Gasteiger partial charge in [0.15, 0.2) is 0 Å². The van der Waals surface area contributed by atoms with Gasteiger partial charge in [-0.25, -0.2) is 0 Å². The Bertz CT molecular complexity index is 96.3. The first-order valence-corrected chi connectivity index (χ1v) is 3.34. The molecule has 1 heterocycles. The normalized spacial score (nSPS) is 39.6. The molecule has 0 fully saturated rings. The molecule has 0 spiro atoms. The maximum atomic E-state index is 5.67. The summed E-state index contributed by atoms with van der Waals surface area (Å²) in [5.41, 5.74) is 0. The Morgan fingerprint density at radius 3 is 2.71 bits per heavy atom. The first kappa shape index (κ1) is 5.29. The van der Waals surface area contributed by atoms with Crippen LogP contribution in [-0.2, 0) is 0 Å². The second-order valence-electron chi connectivity index (χ2n) is 2.12.